The van der Waals surface area contributed by atoms with Crippen molar-refractivity contribution < 1.29 is 4.39 Å². The highest BCUT2D eigenvalue weighted by Gasteiger charge is 2.08. The zero-order valence-corrected chi connectivity index (χ0v) is 10.4. The third-order valence-corrected chi connectivity index (χ3v) is 2.62. The highest BCUT2D eigenvalue weighted by molar-refractivity contribution is 5.64. The van der Waals surface area contributed by atoms with E-state index in [1.165, 1.54) is 18.5 Å². The monoisotopic (exact) mass is 246 g/mol. The van der Waals surface area contributed by atoms with Crippen molar-refractivity contribution in [2.75, 3.05) is 17.7 Å². The van der Waals surface area contributed by atoms with Crippen LogP contribution in [0.1, 0.15) is 12.5 Å². The van der Waals surface area contributed by atoms with E-state index in [1.807, 2.05) is 14.0 Å². The van der Waals surface area contributed by atoms with Crippen LogP contribution in [0, 0.1) is 5.82 Å². The van der Waals surface area contributed by atoms with Crippen LogP contribution in [0.15, 0.2) is 30.6 Å². The van der Waals surface area contributed by atoms with Crippen LogP contribution >= 0.6 is 0 Å². The molecule has 0 spiro atoms. The molecule has 2 N–H and O–H groups in total. The minimum atomic E-state index is -0.277. The van der Waals surface area contributed by atoms with Gasteiger partial charge in [0, 0.05) is 18.3 Å². The first-order valence-electron chi connectivity index (χ1n) is 5.78. The van der Waals surface area contributed by atoms with Gasteiger partial charge in [-0.1, -0.05) is 13.0 Å². The van der Waals surface area contributed by atoms with Gasteiger partial charge < -0.3 is 10.6 Å². The van der Waals surface area contributed by atoms with Gasteiger partial charge in [0.1, 0.15) is 23.8 Å². The number of aromatic nitrogens is 2. The summed E-state index contributed by atoms with van der Waals surface area (Å²) in [5, 5.41) is 6.13. The topological polar surface area (TPSA) is 49.8 Å². The normalized spacial score (nSPS) is 10.2. The zero-order chi connectivity index (χ0) is 13.0. The van der Waals surface area contributed by atoms with E-state index >= 15 is 0 Å². The Labute approximate surface area is 105 Å². The fourth-order valence-corrected chi connectivity index (χ4v) is 1.77. The zero-order valence-electron chi connectivity index (χ0n) is 10.4. The van der Waals surface area contributed by atoms with Crippen LogP contribution in [0.2, 0.25) is 0 Å². The summed E-state index contributed by atoms with van der Waals surface area (Å²) in [6, 6.07) is 6.29. The largest absolute Gasteiger partial charge is 0.373 e. The first kappa shape index (κ1) is 12.3. The van der Waals surface area contributed by atoms with Crippen molar-refractivity contribution in [1.29, 1.82) is 0 Å². The van der Waals surface area contributed by atoms with Gasteiger partial charge in [0.25, 0.3) is 0 Å². The number of hydrogen-bond donors (Lipinski definition) is 2. The smallest absolute Gasteiger partial charge is 0.139 e. The second-order valence-corrected chi connectivity index (χ2v) is 3.79. The molecule has 0 amide bonds. The molecule has 0 bridgehead atoms. The summed E-state index contributed by atoms with van der Waals surface area (Å²) < 4.78 is 13.1. The summed E-state index contributed by atoms with van der Waals surface area (Å²) in [6.07, 6.45) is 2.27. The quantitative estimate of drug-likeness (QED) is 0.870. The molecule has 0 fully saturated rings. The van der Waals surface area contributed by atoms with E-state index < -0.39 is 0 Å². The molecule has 2 aromatic rings. The van der Waals surface area contributed by atoms with Crippen molar-refractivity contribution in [3.63, 3.8) is 0 Å². The minimum Gasteiger partial charge on any atom is -0.373 e. The lowest BCUT2D eigenvalue weighted by atomic mass is 10.2. The molecule has 0 atom stereocenters. The van der Waals surface area contributed by atoms with Gasteiger partial charge in [0.15, 0.2) is 0 Å². The first-order valence-corrected chi connectivity index (χ1v) is 5.78. The van der Waals surface area contributed by atoms with E-state index in [0.29, 0.717) is 11.5 Å². The molecule has 0 aliphatic rings. The van der Waals surface area contributed by atoms with Crippen molar-refractivity contribution in [2.24, 2.45) is 0 Å². The van der Waals surface area contributed by atoms with Crippen molar-refractivity contribution >= 4 is 17.3 Å². The summed E-state index contributed by atoms with van der Waals surface area (Å²) in [6.45, 7) is 2.02. The van der Waals surface area contributed by atoms with Gasteiger partial charge in [0.2, 0.25) is 0 Å². The van der Waals surface area contributed by atoms with Crippen LogP contribution in [0.3, 0.4) is 0 Å². The molecule has 0 saturated heterocycles. The Morgan fingerprint density at radius 1 is 1.22 bits per heavy atom. The van der Waals surface area contributed by atoms with E-state index in [2.05, 4.69) is 20.6 Å². The van der Waals surface area contributed by atoms with Crippen molar-refractivity contribution in [2.45, 2.75) is 13.3 Å². The molecule has 0 unspecified atom stereocenters. The van der Waals surface area contributed by atoms with E-state index in [0.717, 1.165) is 17.8 Å². The predicted molar refractivity (Wildman–Crippen MR) is 70.6 cm³/mol. The maximum atomic E-state index is 13.1. The van der Waals surface area contributed by atoms with Crippen molar-refractivity contribution in [3.8, 4) is 0 Å². The molecule has 0 aliphatic heterocycles. The molecule has 2 rings (SSSR count). The number of nitrogens with one attached hydrogen (secondary N) is 2. The van der Waals surface area contributed by atoms with Crippen LogP contribution in [-0.2, 0) is 6.42 Å². The summed E-state index contributed by atoms with van der Waals surface area (Å²) in [4.78, 5) is 8.35. The third kappa shape index (κ3) is 2.56. The molecular formula is C13H15FN4. The predicted octanol–water partition coefficient (Wildman–Crippen LogP) is 2.96. The van der Waals surface area contributed by atoms with Gasteiger partial charge in [-0.15, -0.1) is 0 Å². The summed E-state index contributed by atoms with van der Waals surface area (Å²) in [7, 11) is 1.81. The summed E-state index contributed by atoms with van der Waals surface area (Å²) in [5.41, 5.74) is 1.65. The van der Waals surface area contributed by atoms with Crippen LogP contribution < -0.4 is 10.6 Å². The van der Waals surface area contributed by atoms with E-state index in [-0.39, 0.29) is 5.82 Å². The van der Waals surface area contributed by atoms with Crippen molar-refractivity contribution in [1.82, 2.24) is 9.97 Å². The Kier molecular flexibility index (Phi) is 3.72. The highest BCUT2D eigenvalue weighted by atomic mass is 19.1. The summed E-state index contributed by atoms with van der Waals surface area (Å²) in [5.74, 6) is 1.20. The van der Waals surface area contributed by atoms with Gasteiger partial charge in [-0.2, -0.15) is 0 Å². The van der Waals surface area contributed by atoms with Crippen molar-refractivity contribution in [3.05, 3.63) is 42.0 Å². The molecule has 1 aromatic heterocycles. The average molecular weight is 246 g/mol. The fourth-order valence-electron chi connectivity index (χ4n) is 1.77. The molecular weight excluding hydrogens is 231 g/mol. The van der Waals surface area contributed by atoms with Crippen LogP contribution in [-0.4, -0.2) is 17.0 Å². The Bertz CT molecular complexity index is 542. The molecule has 1 aromatic carbocycles. The molecule has 5 heteroatoms. The molecule has 4 nitrogen and oxygen atoms in total. The average Bonchev–Trinajstić information content (AvgIpc) is 2.38. The maximum absolute atomic E-state index is 13.1. The standard InChI is InChI=1S/C13H15FN4/c1-3-11-12(15-2)16-8-17-13(11)18-10-6-4-5-9(14)7-10/h4-8H,3H2,1-2H3,(H2,15,16,17,18). The first-order chi connectivity index (χ1) is 8.74. The maximum Gasteiger partial charge on any atom is 0.139 e. The number of rotatable bonds is 4. The van der Waals surface area contributed by atoms with E-state index in [9.17, 15) is 4.39 Å². The number of benzene rings is 1. The Balaban J connectivity index is 2.34. The Morgan fingerprint density at radius 2 is 2.00 bits per heavy atom. The number of anilines is 3. The Hall–Kier alpha value is -2.17. The van der Waals surface area contributed by atoms with Crippen LogP contribution in [0.25, 0.3) is 0 Å². The third-order valence-electron chi connectivity index (χ3n) is 2.62. The second-order valence-electron chi connectivity index (χ2n) is 3.79. The lowest BCUT2D eigenvalue weighted by Gasteiger charge is -2.12. The summed E-state index contributed by atoms with van der Waals surface area (Å²) >= 11 is 0. The van der Waals surface area contributed by atoms with Gasteiger partial charge in [-0.25, -0.2) is 14.4 Å². The number of nitrogens with zero attached hydrogens (tertiary/aromatic N) is 2. The lowest BCUT2D eigenvalue weighted by Crippen LogP contribution is -2.04. The molecule has 0 aliphatic carbocycles. The molecule has 1 heterocycles. The fraction of sp³-hybridized carbons (Fsp3) is 0.231. The SMILES string of the molecule is CCc1c(NC)ncnc1Nc1cccc(F)c1. The number of hydrogen-bond acceptors (Lipinski definition) is 4. The molecule has 0 radical (unpaired) electrons. The molecule has 18 heavy (non-hydrogen) atoms. The van der Waals surface area contributed by atoms with Gasteiger partial charge in [-0.3, -0.25) is 0 Å². The minimum absolute atomic E-state index is 0.277. The van der Waals surface area contributed by atoms with Gasteiger partial charge in [0.05, 0.1) is 0 Å². The van der Waals surface area contributed by atoms with Crippen LogP contribution in [0.5, 0.6) is 0 Å². The second kappa shape index (κ2) is 5.44. The lowest BCUT2D eigenvalue weighted by molar-refractivity contribution is 0.628. The van der Waals surface area contributed by atoms with Gasteiger partial charge in [-0.05, 0) is 24.6 Å². The van der Waals surface area contributed by atoms with E-state index in [1.54, 1.807) is 12.1 Å². The molecule has 0 saturated carbocycles. The number of halogens is 1. The highest BCUT2D eigenvalue weighted by Crippen LogP contribution is 2.23. The van der Waals surface area contributed by atoms with Gasteiger partial charge >= 0.3 is 0 Å². The van der Waals surface area contributed by atoms with Crippen LogP contribution in [0.4, 0.5) is 21.7 Å². The Morgan fingerprint density at radius 3 is 2.67 bits per heavy atom. The molecule has 94 valence electrons. The van der Waals surface area contributed by atoms with E-state index in [4.69, 9.17) is 0 Å².